The van der Waals surface area contributed by atoms with E-state index < -0.39 is 84.2 Å². The minimum absolute atomic E-state index is 0.124. The van der Waals surface area contributed by atoms with Gasteiger partial charge >= 0.3 is 36.2 Å². The molecule has 0 bridgehead atoms. The zero-order chi connectivity index (χ0) is 37.8. The summed E-state index contributed by atoms with van der Waals surface area (Å²) in [6.45, 7) is 11.6. The maximum Gasteiger partial charge on any atom is 0.509 e. The molecule has 1 aromatic carbocycles. The Labute approximate surface area is 290 Å². The van der Waals surface area contributed by atoms with Crippen molar-refractivity contribution in [2.24, 2.45) is 0 Å². The molecule has 1 heterocycles. The van der Waals surface area contributed by atoms with Crippen LogP contribution in [0.5, 0.6) is 5.75 Å². The van der Waals surface area contributed by atoms with E-state index in [0.717, 1.165) is 12.1 Å². The van der Waals surface area contributed by atoms with Gasteiger partial charge in [0.25, 0.3) is 0 Å². The van der Waals surface area contributed by atoms with Crippen LogP contribution in [0.25, 0.3) is 0 Å². The van der Waals surface area contributed by atoms with Crippen molar-refractivity contribution in [2.45, 2.75) is 37.3 Å². The number of amides is 1. The lowest BCUT2D eigenvalue weighted by Crippen LogP contribution is -2.64. The van der Waals surface area contributed by atoms with Crippen molar-refractivity contribution < 1.29 is 76.3 Å². The Kier molecular flexibility index (Phi) is 17.1. The maximum atomic E-state index is 13.3. The van der Waals surface area contributed by atoms with Gasteiger partial charge in [0, 0.05) is 6.07 Å². The number of nitro groups is 1. The molecule has 0 aromatic heterocycles. The Bertz CT molecular complexity index is 1500. The number of nitro benzene ring substituents is 1. The number of esters is 1. The van der Waals surface area contributed by atoms with E-state index in [2.05, 4.69) is 37.6 Å². The number of nitrogens with zero attached hydrogens (tertiary/aromatic N) is 1. The molecule has 0 radical (unpaired) electrons. The van der Waals surface area contributed by atoms with Gasteiger partial charge in [0.05, 0.1) is 11.5 Å². The summed E-state index contributed by atoms with van der Waals surface area (Å²) in [7, 11) is 0. The van der Waals surface area contributed by atoms with Crippen molar-refractivity contribution in [3.8, 4) is 18.1 Å². The summed E-state index contributed by atoms with van der Waals surface area (Å²) in [4.78, 5) is 74.3. The number of ether oxygens (including phenoxy) is 10. The number of nitrogens with one attached hydrogen (secondary N) is 1. The topological polar surface area (TPSA) is 233 Å². The second-order valence-corrected chi connectivity index (χ2v) is 9.45. The van der Waals surface area contributed by atoms with Crippen LogP contribution >= 0.6 is 0 Å². The lowest BCUT2D eigenvalue weighted by molar-refractivity contribution is -0.387. The van der Waals surface area contributed by atoms with Crippen molar-refractivity contribution in [1.82, 2.24) is 5.32 Å². The third kappa shape index (κ3) is 13.1. The number of hydrogen-bond acceptors (Lipinski definition) is 17. The number of rotatable bonds is 18. The highest BCUT2D eigenvalue weighted by Crippen LogP contribution is 2.35. The summed E-state index contributed by atoms with van der Waals surface area (Å²) in [6.07, 6.45) is -5.54. The molecule has 0 aliphatic carbocycles. The summed E-state index contributed by atoms with van der Waals surface area (Å²) < 4.78 is 52.1. The van der Waals surface area contributed by atoms with E-state index in [1.165, 1.54) is 30.4 Å². The second-order valence-electron chi connectivity index (χ2n) is 9.45. The monoisotopic (exact) mass is 718 g/mol. The molecule has 19 nitrogen and oxygen atoms in total. The number of carbonyl (C=O) groups excluding carboxylic acids is 5. The molecular weight excluding hydrogens is 684 g/mol. The molecule has 0 spiro atoms. The third-order valence-corrected chi connectivity index (χ3v) is 5.89. The number of terminal acetylenes is 1. The summed E-state index contributed by atoms with van der Waals surface area (Å²) in [6, 6.07) is 3.33. The van der Waals surface area contributed by atoms with Crippen LogP contribution in [0, 0.1) is 22.5 Å². The Morgan fingerprint density at radius 1 is 0.824 bits per heavy atom. The third-order valence-electron chi connectivity index (χ3n) is 5.89. The maximum absolute atomic E-state index is 13.3. The first-order chi connectivity index (χ1) is 24.5. The largest absolute Gasteiger partial charge is 0.509 e. The average molecular weight is 719 g/mol. The van der Waals surface area contributed by atoms with Gasteiger partial charge in [-0.05, 0) is 11.6 Å². The molecule has 1 fully saturated rings. The molecule has 1 saturated heterocycles. The van der Waals surface area contributed by atoms with Crippen LogP contribution in [0.15, 0.2) is 68.8 Å². The summed E-state index contributed by atoms with van der Waals surface area (Å²) >= 11 is 0. The molecule has 1 aliphatic rings. The van der Waals surface area contributed by atoms with Gasteiger partial charge in [-0.1, -0.05) is 62.6 Å². The minimum Gasteiger partial charge on any atom is -0.459 e. The summed E-state index contributed by atoms with van der Waals surface area (Å²) in [5, 5.41) is 14.4. The van der Waals surface area contributed by atoms with Crippen LogP contribution in [-0.2, 0) is 54.0 Å². The van der Waals surface area contributed by atoms with Crippen molar-refractivity contribution in [3.05, 3.63) is 84.5 Å². The zero-order valence-electron chi connectivity index (χ0n) is 27.0. The van der Waals surface area contributed by atoms with Crippen molar-refractivity contribution >= 4 is 36.2 Å². The summed E-state index contributed by atoms with van der Waals surface area (Å²) in [5.41, 5.74) is -0.601. The molecule has 2 rings (SSSR count). The number of hydrogen-bond donors (Lipinski definition) is 1. The van der Waals surface area contributed by atoms with Crippen LogP contribution < -0.4 is 10.1 Å². The summed E-state index contributed by atoms with van der Waals surface area (Å²) in [5.74, 6) is 0.389. The molecular formula is C32H34N2O17. The molecule has 51 heavy (non-hydrogen) atoms. The highest BCUT2D eigenvalue weighted by Gasteiger charge is 2.57. The van der Waals surface area contributed by atoms with E-state index in [4.69, 9.17) is 53.8 Å². The molecule has 0 saturated carbocycles. The van der Waals surface area contributed by atoms with Crippen molar-refractivity contribution in [1.29, 1.82) is 0 Å². The van der Waals surface area contributed by atoms with E-state index in [1.807, 2.05) is 0 Å². The van der Waals surface area contributed by atoms with Crippen LogP contribution in [-0.4, -0.2) is 99.1 Å². The van der Waals surface area contributed by atoms with Crippen molar-refractivity contribution in [2.75, 3.05) is 33.0 Å². The van der Waals surface area contributed by atoms with Crippen LogP contribution in [0.1, 0.15) is 5.56 Å². The number of benzene rings is 1. The molecule has 1 aromatic rings. The molecule has 0 unspecified atom stereocenters. The fraction of sp³-hybridized carbons (Fsp3) is 0.344. The van der Waals surface area contributed by atoms with Gasteiger partial charge in [0.2, 0.25) is 12.4 Å². The van der Waals surface area contributed by atoms with E-state index >= 15 is 0 Å². The predicted octanol–water partition coefficient (Wildman–Crippen LogP) is 3.41. The Morgan fingerprint density at radius 2 is 1.35 bits per heavy atom. The van der Waals surface area contributed by atoms with E-state index in [-0.39, 0.29) is 38.5 Å². The van der Waals surface area contributed by atoms with Gasteiger partial charge in [-0.3, -0.25) is 10.1 Å². The normalized spacial score (nSPS) is 18.8. The lowest BCUT2D eigenvalue weighted by Gasteiger charge is -2.42. The average Bonchev–Trinajstić information content (AvgIpc) is 3.11. The fourth-order valence-electron chi connectivity index (χ4n) is 3.87. The van der Waals surface area contributed by atoms with Crippen molar-refractivity contribution in [3.63, 3.8) is 0 Å². The second kappa shape index (κ2) is 21.4. The van der Waals surface area contributed by atoms with Gasteiger partial charge in [-0.15, -0.1) is 6.42 Å². The quantitative estimate of drug-likeness (QED) is 0.0572. The first-order valence-electron chi connectivity index (χ1n) is 14.5. The smallest absolute Gasteiger partial charge is 0.459 e. The molecule has 274 valence electrons. The predicted molar refractivity (Wildman–Crippen MR) is 170 cm³/mol. The first kappa shape index (κ1) is 40.6. The highest BCUT2D eigenvalue weighted by atomic mass is 16.8. The van der Waals surface area contributed by atoms with Crippen LogP contribution in [0.2, 0.25) is 0 Å². The highest BCUT2D eigenvalue weighted by molar-refractivity contribution is 5.77. The Balaban J connectivity index is 2.66. The van der Waals surface area contributed by atoms with Gasteiger partial charge in [0.1, 0.15) is 33.0 Å². The minimum atomic E-state index is -2.07. The van der Waals surface area contributed by atoms with Crippen LogP contribution in [0.4, 0.5) is 24.9 Å². The first-order valence-corrected chi connectivity index (χ1v) is 14.5. The van der Waals surface area contributed by atoms with E-state index in [9.17, 15) is 34.1 Å². The molecule has 5 atom stereocenters. The zero-order valence-corrected chi connectivity index (χ0v) is 27.0. The van der Waals surface area contributed by atoms with E-state index in [1.54, 1.807) is 0 Å². The van der Waals surface area contributed by atoms with Gasteiger partial charge < -0.3 is 52.7 Å². The SMILES string of the molecule is C#CCNC(=O)OCc1ccc(O[C@@H]2O[C@H](C(=O)OCC=C)[C@@H](OC(=O)OCC=C)[C@H](OC(=O)OCC=C)[C@H]2OC(=O)OCC=C)c([N+](=O)[O-])c1. The molecule has 1 aliphatic heterocycles. The van der Waals surface area contributed by atoms with Gasteiger partial charge in [-0.25, -0.2) is 24.0 Å². The molecule has 1 amide bonds. The Morgan fingerprint density at radius 3 is 1.88 bits per heavy atom. The number of alkyl carbamates (subject to hydrolysis) is 1. The lowest BCUT2D eigenvalue weighted by atomic mass is 9.98. The van der Waals surface area contributed by atoms with Gasteiger partial charge in [-0.2, -0.15) is 0 Å². The fourth-order valence-corrected chi connectivity index (χ4v) is 3.87. The molecule has 19 heteroatoms. The van der Waals surface area contributed by atoms with Gasteiger partial charge in [0.15, 0.2) is 24.1 Å². The number of carbonyl (C=O) groups is 5. The molecule has 1 N–H and O–H groups in total. The van der Waals surface area contributed by atoms with E-state index in [0.29, 0.717) is 0 Å². The Hall–Kier alpha value is -6.55. The van der Waals surface area contributed by atoms with Crippen LogP contribution in [0.3, 0.4) is 0 Å². The standard InChI is InChI=1S/C32H34N2O17/c1-6-13-33-29(36)46-19-20-11-12-22(21(18-20)34(40)41)47-28-26(51-32(39)45-17-10-5)24(50-31(38)44-16-9-4)23(49-30(37)43-15-8-3)25(48-28)27(35)42-14-7-2/h1,7-12,18,23-26,28H,2-5,13-17,19H2,(H,33,36)/t23-,24-,25-,26+,28+/m0/s1.